The van der Waals surface area contributed by atoms with E-state index in [4.69, 9.17) is 4.74 Å². The van der Waals surface area contributed by atoms with Gasteiger partial charge in [0, 0.05) is 19.8 Å². The van der Waals surface area contributed by atoms with Gasteiger partial charge < -0.3 is 15.4 Å². The highest BCUT2D eigenvalue weighted by Gasteiger charge is 2.22. The average molecular weight is 262 g/mol. The van der Waals surface area contributed by atoms with E-state index >= 15 is 0 Å². The molecule has 6 heteroatoms. The molecule has 0 aliphatic heterocycles. The van der Waals surface area contributed by atoms with Crippen LogP contribution in [0.4, 0.5) is 0 Å². The SMILES string of the molecule is COCC(NC(=O)C(CS)NC(C)=O)C(C)C. The van der Waals surface area contributed by atoms with Crippen molar-refractivity contribution in [1.29, 1.82) is 0 Å². The molecule has 0 aromatic carbocycles. The maximum absolute atomic E-state index is 11.9. The first kappa shape index (κ1) is 16.2. The minimum atomic E-state index is -0.603. The fourth-order valence-corrected chi connectivity index (χ4v) is 1.56. The van der Waals surface area contributed by atoms with Crippen molar-refractivity contribution < 1.29 is 14.3 Å². The summed E-state index contributed by atoms with van der Waals surface area (Å²) in [6, 6.07) is -0.669. The van der Waals surface area contributed by atoms with E-state index in [0.29, 0.717) is 6.61 Å². The second kappa shape index (κ2) is 8.36. The fraction of sp³-hybridized carbons (Fsp3) is 0.818. The number of hydrogen-bond acceptors (Lipinski definition) is 4. The number of carbonyl (C=O) groups excluding carboxylic acids is 2. The minimum absolute atomic E-state index is 0.0661. The van der Waals surface area contributed by atoms with E-state index in [1.165, 1.54) is 6.92 Å². The second-order valence-electron chi connectivity index (χ2n) is 4.25. The Morgan fingerprint density at radius 3 is 2.24 bits per heavy atom. The van der Waals surface area contributed by atoms with Crippen molar-refractivity contribution in [2.75, 3.05) is 19.5 Å². The van der Waals surface area contributed by atoms with Crippen LogP contribution in [0.3, 0.4) is 0 Å². The summed E-state index contributed by atoms with van der Waals surface area (Å²) in [5.41, 5.74) is 0. The quantitative estimate of drug-likeness (QED) is 0.575. The molecule has 0 aliphatic rings. The third kappa shape index (κ3) is 6.53. The standard InChI is InChI=1S/C11H22N2O3S/c1-7(2)9(5-16-4)13-11(15)10(6-17)12-8(3)14/h7,9-10,17H,5-6H2,1-4H3,(H,12,14)(H,13,15). The van der Waals surface area contributed by atoms with E-state index in [9.17, 15) is 9.59 Å². The van der Waals surface area contributed by atoms with E-state index in [1.807, 2.05) is 13.8 Å². The predicted octanol–water partition coefficient (Wildman–Crippen LogP) is 0.208. The largest absolute Gasteiger partial charge is 0.383 e. The lowest BCUT2D eigenvalue weighted by Crippen LogP contribution is -2.52. The minimum Gasteiger partial charge on any atom is -0.383 e. The van der Waals surface area contributed by atoms with Crippen LogP contribution in [0.25, 0.3) is 0 Å². The number of amides is 2. The molecular weight excluding hydrogens is 240 g/mol. The van der Waals surface area contributed by atoms with Crippen molar-refractivity contribution in [3.63, 3.8) is 0 Å². The number of rotatable bonds is 7. The van der Waals surface area contributed by atoms with Crippen LogP contribution < -0.4 is 10.6 Å². The molecular formula is C11H22N2O3S. The molecule has 0 rings (SSSR count). The van der Waals surface area contributed by atoms with Gasteiger partial charge in [-0.3, -0.25) is 9.59 Å². The molecule has 2 N–H and O–H groups in total. The van der Waals surface area contributed by atoms with Gasteiger partial charge in [-0.25, -0.2) is 0 Å². The van der Waals surface area contributed by atoms with Crippen molar-refractivity contribution in [3.05, 3.63) is 0 Å². The Hall–Kier alpha value is -0.750. The van der Waals surface area contributed by atoms with Gasteiger partial charge in [-0.05, 0) is 5.92 Å². The van der Waals surface area contributed by atoms with E-state index in [1.54, 1.807) is 7.11 Å². The average Bonchev–Trinajstić information content (AvgIpc) is 2.24. The van der Waals surface area contributed by atoms with Crippen molar-refractivity contribution in [2.24, 2.45) is 5.92 Å². The topological polar surface area (TPSA) is 67.4 Å². The van der Waals surface area contributed by atoms with Crippen molar-refractivity contribution in [2.45, 2.75) is 32.9 Å². The van der Waals surface area contributed by atoms with Crippen LogP contribution >= 0.6 is 12.6 Å². The van der Waals surface area contributed by atoms with E-state index in [-0.39, 0.29) is 29.5 Å². The molecule has 0 aliphatic carbocycles. The van der Waals surface area contributed by atoms with E-state index < -0.39 is 6.04 Å². The monoisotopic (exact) mass is 262 g/mol. The van der Waals surface area contributed by atoms with Crippen molar-refractivity contribution in [1.82, 2.24) is 10.6 Å². The molecule has 0 saturated carbocycles. The van der Waals surface area contributed by atoms with Gasteiger partial charge in [-0.2, -0.15) is 12.6 Å². The molecule has 2 atom stereocenters. The molecule has 0 radical (unpaired) electrons. The first-order valence-corrected chi connectivity index (χ1v) is 6.22. The van der Waals surface area contributed by atoms with Crippen molar-refractivity contribution >= 4 is 24.4 Å². The Labute approximate surface area is 108 Å². The molecule has 0 fully saturated rings. The number of carbonyl (C=O) groups is 2. The number of nitrogens with one attached hydrogen (secondary N) is 2. The van der Waals surface area contributed by atoms with Gasteiger partial charge in [0.15, 0.2) is 0 Å². The van der Waals surface area contributed by atoms with Gasteiger partial charge in [-0.15, -0.1) is 0 Å². The third-order valence-electron chi connectivity index (χ3n) is 2.36. The van der Waals surface area contributed by atoms with Crippen LogP contribution in [0.1, 0.15) is 20.8 Å². The number of thiol groups is 1. The number of hydrogen-bond donors (Lipinski definition) is 3. The number of methoxy groups -OCH3 is 1. The summed E-state index contributed by atoms with van der Waals surface area (Å²) >= 11 is 4.05. The highest BCUT2D eigenvalue weighted by atomic mass is 32.1. The van der Waals surface area contributed by atoms with Gasteiger partial charge in [-0.1, -0.05) is 13.8 Å². The zero-order chi connectivity index (χ0) is 13.4. The summed E-state index contributed by atoms with van der Waals surface area (Å²) in [7, 11) is 1.59. The molecule has 17 heavy (non-hydrogen) atoms. The van der Waals surface area contributed by atoms with Crippen LogP contribution in [-0.4, -0.2) is 43.4 Å². The maximum Gasteiger partial charge on any atom is 0.243 e. The Bertz CT molecular complexity index is 259. The first-order valence-electron chi connectivity index (χ1n) is 5.59. The molecule has 2 amide bonds. The normalized spacial score (nSPS) is 14.2. The number of ether oxygens (including phenoxy) is 1. The summed E-state index contributed by atoms with van der Waals surface area (Å²) in [6.07, 6.45) is 0. The first-order chi connectivity index (χ1) is 7.92. The van der Waals surface area contributed by atoms with Crippen LogP contribution in [0.5, 0.6) is 0 Å². The third-order valence-corrected chi connectivity index (χ3v) is 2.72. The van der Waals surface area contributed by atoms with Gasteiger partial charge >= 0.3 is 0 Å². The summed E-state index contributed by atoms with van der Waals surface area (Å²) < 4.78 is 5.04. The summed E-state index contributed by atoms with van der Waals surface area (Å²) in [6.45, 7) is 5.82. The Morgan fingerprint density at radius 1 is 1.29 bits per heavy atom. The molecule has 0 spiro atoms. The van der Waals surface area contributed by atoms with Gasteiger partial charge in [0.1, 0.15) is 6.04 Å². The summed E-state index contributed by atoms with van der Waals surface area (Å²) in [4.78, 5) is 22.8. The second-order valence-corrected chi connectivity index (χ2v) is 4.62. The van der Waals surface area contributed by atoms with Crippen molar-refractivity contribution in [3.8, 4) is 0 Å². The smallest absolute Gasteiger partial charge is 0.243 e. The Balaban J connectivity index is 4.40. The van der Waals surface area contributed by atoms with Gasteiger partial charge in [0.25, 0.3) is 0 Å². The van der Waals surface area contributed by atoms with Crippen LogP contribution in [0.15, 0.2) is 0 Å². The molecule has 0 aromatic rings. The zero-order valence-electron chi connectivity index (χ0n) is 10.8. The molecule has 0 bridgehead atoms. The van der Waals surface area contributed by atoms with Gasteiger partial charge in [0.2, 0.25) is 11.8 Å². The maximum atomic E-state index is 11.9. The van der Waals surface area contributed by atoms with E-state index in [0.717, 1.165) is 0 Å². The molecule has 100 valence electrons. The van der Waals surface area contributed by atoms with Gasteiger partial charge in [0.05, 0.1) is 12.6 Å². The van der Waals surface area contributed by atoms with E-state index in [2.05, 4.69) is 23.3 Å². The molecule has 0 heterocycles. The van der Waals surface area contributed by atoms with Crippen LogP contribution in [0.2, 0.25) is 0 Å². The summed E-state index contributed by atoms with van der Waals surface area (Å²) in [5.74, 6) is 0.0539. The lowest BCUT2D eigenvalue weighted by atomic mass is 10.1. The lowest BCUT2D eigenvalue weighted by molar-refractivity contribution is -0.128. The molecule has 0 saturated heterocycles. The zero-order valence-corrected chi connectivity index (χ0v) is 11.7. The summed E-state index contributed by atoms with van der Waals surface area (Å²) in [5, 5.41) is 5.39. The lowest BCUT2D eigenvalue weighted by Gasteiger charge is -2.24. The molecule has 5 nitrogen and oxygen atoms in total. The highest BCUT2D eigenvalue weighted by molar-refractivity contribution is 7.80. The molecule has 0 aromatic heterocycles. The highest BCUT2D eigenvalue weighted by Crippen LogP contribution is 2.02. The molecule has 2 unspecified atom stereocenters. The van der Waals surface area contributed by atoms with Crippen LogP contribution in [0, 0.1) is 5.92 Å². The Morgan fingerprint density at radius 2 is 1.88 bits per heavy atom. The predicted molar refractivity (Wildman–Crippen MR) is 70.1 cm³/mol. The fourth-order valence-electron chi connectivity index (χ4n) is 1.30. The van der Waals surface area contributed by atoms with Crippen LogP contribution in [-0.2, 0) is 14.3 Å². The Kier molecular flexibility index (Phi) is 7.99.